The van der Waals surface area contributed by atoms with Crippen LogP contribution in [-0.4, -0.2) is 49.0 Å². The number of carbonyl (C=O) groups excluding carboxylic acids is 1. The Morgan fingerprint density at radius 3 is 2.89 bits per heavy atom. The van der Waals surface area contributed by atoms with E-state index in [-0.39, 0.29) is 17.1 Å². The lowest BCUT2D eigenvalue weighted by atomic mass is 9.79. The van der Waals surface area contributed by atoms with Crippen molar-refractivity contribution in [2.24, 2.45) is 5.41 Å². The first-order valence-corrected chi connectivity index (χ1v) is 10.1. The summed E-state index contributed by atoms with van der Waals surface area (Å²) < 4.78 is 19.5. The number of nitrogens with zero attached hydrogens (tertiary/aromatic N) is 2. The molecule has 2 aliphatic heterocycles. The van der Waals surface area contributed by atoms with E-state index >= 15 is 0 Å². The van der Waals surface area contributed by atoms with Gasteiger partial charge in [-0.15, -0.1) is 0 Å². The molecule has 0 unspecified atom stereocenters. The van der Waals surface area contributed by atoms with Gasteiger partial charge in [-0.1, -0.05) is 6.08 Å². The monoisotopic (exact) mass is 372 g/mol. The minimum absolute atomic E-state index is 0.169. The minimum atomic E-state index is -0.174. The van der Waals surface area contributed by atoms with E-state index in [1.54, 1.807) is 19.2 Å². The highest BCUT2D eigenvalue weighted by Crippen LogP contribution is 2.40. The largest absolute Gasteiger partial charge is 0.497 e. The van der Waals surface area contributed by atoms with Crippen molar-refractivity contribution in [3.05, 3.63) is 41.2 Å². The normalized spacial score (nSPS) is 25.9. The molecule has 4 rings (SSSR count). The zero-order valence-electron chi connectivity index (χ0n) is 16.2. The standard InChI is InChI=1S/C22H29FN2O2/c1-27-19-7-8-20(23)18(13-19)14-24-11-4-9-22(15-24)10-12-25(16-22)21(26)17-5-2-3-6-17/h5,7-8,13H,2-4,6,9-12,14-16H2,1H3/t22-/m0/s1. The van der Waals surface area contributed by atoms with Crippen molar-refractivity contribution in [1.29, 1.82) is 0 Å². The lowest BCUT2D eigenvalue weighted by Crippen LogP contribution is -2.45. The van der Waals surface area contributed by atoms with Crippen LogP contribution in [0.4, 0.5) is 4.39 Å². The number of hydrogen-bond donors (Lipinski definition) is 0. The van der Waals surface area contributed by atoms with Gasteiger partial charge in [-0.25, -0.2) is 4.39 Å². The summed E-state index contributed by atoms with van der Waals surface area (Å²) in [6.07, 6.45) is 8.53. The lowest BCUT2D eigenvalue weighted by molar-refractivity contribution is -0.126. The second-order valence-corrected chi connectivity index (χ2v) is 8.37. The van der Waals surface area contributed by atoms with E-state index < -0.39 is 0 Å². The van der Waals surface area contributed by atoms with E-state index in [2.05, 4.69) is 15.9 Å². The number of amides is 1. The molecule has 0 saturated carbocycles. The average Bonchev–Trinajstić information content (AvgIpc) is 3.34. The smallest absolute Gasteiger partial charge is 0.249 e. The third kappa shape index (κ3) is 3.88. The molecule has 0 bridgehead atoms. The SMILES string of the molecule is COc1ccc(F)c(CN2CCC[C@]3(CCN(C(=O)C4=CCCC4)C3)C2)c1. The van der Waals surface area contributed by atoms with Crippen molar-refractivity contribution < 1.29 is 13.9 Å². The third-order valence-electron chi connectivity index (χ3n) is 6.43. The molecule has 1 aromatic rings. The molecule has 4 nitrogen and oxygen atoms in total. The Hall–Kier alpha value is -1.88. The Morgan fingerprint density at radius 1 is 1.22 bits per heavy atom. The minimum Gasteiger partial charge on any atom is -0.497 e. The number of allylic oxidation sites excluding steroid dienone is 1. The molecule has 1 amide bonds. The molecule has 0 aromatic heterocycles. The van der Waals surface area contributed by atoms with Gasteiger partial charge in [0.25, 0.3) is 0 Å². The number of piperidine rings is 1. The molecule has 2 heterocycles. The van der Waals surface area contributed by atoms with Crippen molar-refractivity contribution in [1.82, 2.24) is 9.80 Å². The Kier molecular flexibility index (Phi) is 5.22. The molecule has 0 N–H and O–H groups in total. The van der Waals surface area contributed by atoms with Crippen LogP contribution in [0.25, 0.3) is 0 Å². The van der Waals surface area contributed by atoms with Crippen molar-refractivity contribution >= 4 is 5.91 Å². The maximum absolute atomic E-state index is 14.2. The molecule has 0 radical (unpaired) electrons. The number of carbonyl (C=O) groups is 1. The predicted molar refractivity (Wildman–Crippen MR) is 103 cm³/mol. The summed E-state index contributed by atoms with van der Waals surface area (Å²) in [6.45, 7) is 4.23. The molecule has 5 heteroatoms. The van der Waals surface area contributed by atoms with Crippen LogP contribution >= 0.6 is 0 Å². The van der Waals surface area contributed by atoms with Gasteiger partial charge >= 0.3 is 0 Å². The van der Waals surface area contributed by atoms with Crippen molar-refractivity contribution in [3.8, 4) is 5.75 Å². The van der Waals surface area contributed by atoms with Crippen LogP contribution in [0.1, 0.15) is 44.1 Å². The third-order valence-corrected chi connectivity index (χ3v) is 6.43. The van der Waals surface area contributed by atoms with Gasteiger partial charge in [0.1, 0.15) is 11.6 Å². The van der Waals surface area contributed by atoms with Crippen LogP contribution in [0.2, 0.25) is 0 Å². The number of likely N-dealkylation sites (tertiary alicyclic amines) is 2. The number of hydrogen-bond acceptors (Lipinski definition) is 3. The molecular formula is C22H29FN2O2. The summed E-state index contributed by atoms with van der Waals surface area (Å²) in [5, 5.41) is 0. The number of methoxy groups -OCH3 is 1. The van der Waals surface area contributed by atoms with Gasteiger partial charge in [-0.3, -0.25) is 9.69 Å². The van der Waals surface area contributed by atoms with Crippen molar-refractivity contribution in [2.45, 2.75) is 45.1 Å². The summed E-state index contributed by atoms with van der Waals surface area (Å²) in [5.41, 5.74) is 1.87. The van der Waals surface area contributed by atoms with Crippen LogP contribution in [0.5, 0.6) is 5.75 Å². The Bertz CT molecular complexity index is 748. The summed E-state index contributed by atoms with van der Waals surface area (Å²) >= 11 is 0. The number of halogens is 1. The van der Waals surface area contributed by atoms with Gasteiger partial charge in [-0.05, 0) is 63.3 Å². The second-order valence-electron chi connectivity index (χ2n) is 8.37. The van der Waals surface area contributed by atoms with E-state index in [4.69, 9.17) is 4.74 Å². The van der Waals surface area contributed by atoms with Gasteiger partial charge in [0.2, 0.25) is 5.91 Å². The highest BCUT2D eigenvalue weighted by atomic mass is 19.1. The van der Waals surface area contributed by atoms with E-state index in [0.29, 0.717) is 17.9 Å². The molecule has 1 aliphatic carbocycles. The highest BCUT2D eigenvalue weighted by Gasteiger charge is 2.43. The van der Waals surface area contributed by atoms with Gasteiger partial charge in [0.15, 0.2) is 0 Å². The molecule has 2 saturated heterocycles. The topological polar surface area (TPSA) is 32.8 Å². The fourth-order valence-electron chi connectivity index (χ4n) is 5.00. The lowest BCUT2D eigenvalue weighted by Gasteiger charge is -2.40. The summed E-state index contributed by atoms with van der Waals surface area (Å²) in [4.78, 5) is 17.2. The van der Waals surface area contributed by atoms with E-state index in [9.17, 15) is 9.18 Å². The van der Waals surface area contributed by atoms with Crippen molar-refractivity contribution in [2.75, 3.05) is 33.3 Å². The zero-order chi connectivity index (χ0) is 18.9. The molecule has 3 aliphatic rings. The van der Waals surface area contributed by atoms with E-state index in [1.165, 1.54) is 6.07 Å². The van der Waals surface area contributed by atoms with Gasteiger partial charge < -0.3 is 9.64 Å². The average molecular weight is 372 g/mol. The quantitative estimate of drug-likeness (QED) is 0.807. The first-order valence-electron chi connectivity index (χ1n) is 10.1. The van der Waals surface area contributed by atoms with Crippen LogP contribution in [0, 0.1) is 11.2 Å². The van der Waals surface area contributed by atoms with Gasteiger partial charge in [0, 0.05) is 42.7 Å². The molecule has 1 spiro atoms. The Morgan fingerprint density at radius 2 is 2.11 bits per heavy atom. The van der Waals surface area contributed by atoms with Gasteiger partial charge in [-0.2, -0.15) is 0 Å². The molecule has 1 aromatic carbocycles. The molecule has 146 valence electrons. The molecular weight excluding hydrogens is 343 g/mol. The van der Waals surface area contributed by atoms with Crippen LogP contribution in [-0.2, 0) is 11.3 Å². The van der Waals surface area contributed by atoms with E-state index in [0.717, 1.165) is 70.3 Å². The van der Waals surface area contributed by atoms with Crippen LogP contribution < -0.4 is 4.74 Å². The number of benzene rings is 1. The maximum Gasteiger partial charge on any atom is 0.249 e. The first-order chi connectivity index (χ1) is 13.1. The number of rotatable bonds is 4. The Labute approximate surface area is 161 Å². The molecule has 1 atom stereocenters. The fourth-order valence-corrected chi connectivity index (χ4v) is 5.00. The summed E-state index contributed by atoms with van der Waals surface area (Å²) in [7, 11) is 1.61. The summed E-state index contributed by atoms with van der Waals surface area (Å²) in [6, 6.07) is 4.95. The second kappa shape index (κ2) is 7.63. The van der Waals surface area contributed by atoms with E-state index in [1.807, 2.05) is 0 Å². The van der Waals surface area contributed by atoms with Crippen LogP contribution in [0.15, 0.2) is 29.8 Å². The van der Waals surface area contributed by atoms with Crippen LogP contribution in [0.3, 0.4) is 0 Å². The first kappa shape index (κ1) is 18.5. The number of ether oxygens (including phenoxy) is 1. The van der Waals surface area contributed by atoms with Crippen molar-refractivity contribution in [3.63, 3.8) is 0 Å². The highest BCUT2D eigenvalue weighted by molar-refractivity contribution is 5.94. The molecule has 2 fully saturated rings. The summed E-state index contributed by atoms with van der Waals surface area (Å²) in [5.74, 6) is 0.771. The maximum atomic E-state index is 14.2. The predicted octanol–water partition coefficient (Wildman–Crippen LogP) is 3.76. The Balaban J connectivity index is 1.42. The van der Waals surface area contributed by atoms with Gasteiger partial charge in [0.05, 0.1) is 7.11 Å². The molecule has 27 heavy (non-hydrogen) atoms. The fraction of sp³-hybridized carbons (Fsp3) is 0.591. The zero-order valence-corrected chi connectivity index (χ0v) is 16.2.